The maximum atomic E-state index is 12.8. The van der Waals surface area contributed by atoms with Gasteiger partial charge in [0.15, 0.2) is 0 Å². The third-order valence-corrected chi connectivity index (χ3v) is 6.44. The molecule has 0 N–H and O–H groups in total. The molecule has 1 aromatic carbocycles. The molecule has 2 rings (SSSR count). The lowest BCUT2D eigenvalue weighted by Gasteiger charge is -2.27. The largest absolute Gasteiger partial charge is 0.243 e. The van der Waals surface area contributed by atoms with Crippen LogP contribution in [0.4, 0.5) is 0 Å². The molecule has 5 heteroatoms. The van der Waals surface area contributed by atoms with Crippen molar-refractivity contribution in [2.24, 2.45) is 0 Å². The molecule has 19 heavy (non-hydrogen) atoms. The SMILES string of the molecule is CCN(C1CCCC1)S(=O)(=O)c1cc(Br)ccc1C. The first kappa shape index (κ1) is 15.0. The van der Waals surface area contributed by atoms with Crippen LogP contribution in [0.3, 0.4) is 0 Å². The lowest BCUT2D eigenvalue weighted by molar-refractivity contribution is 0.335. The predicted molar refractivity (Wildman–Crippen MR) is 80.7 cm³/mol. The van der Waals surface area contributed by atoms with Crippen molar-refractivity contribution in [3.8, 4) is 0 Å². The molecule has 0 aliphatic heterocycles. The van der Waals surface area contributed by atoms with E-state index in [-0.39, 0.29) is 6.04 Å². The standard InChI is InChI=1S/C14H20BrNO2S/c1-3-16(13-6-4-5-7-13)19(17,18)14-10-12(15)9-8-11(14)2/h8-10,13H,3-7H2,1-2H3. The molecule has 106 valence electrons. The van der Waals surface area contributed by atoms with E-state index in [4.69, 9.17) is 0 Å². The van der Waals surface area contributed by atoms with Crippen molar-refractivity contribution in [2.75, 3.05) is 6.54 Å². The Kier molecular flexibility index (Phi) is 4.69. The minimum atomic E-state index is -3.38. The molecule has 0 aromatic heterocycles. The summed E-state index contributed by atoms with van der Waals surface area (Å²) in [6, 6.07) is 5.61. The lowest BCUT2D eigenvalue weighted by atomic mass is 10.2. The van der Waals surface area contributed by atoms with E-state index in [1.807, 2.05) is 26.0 Å². The number of hydrogen-bond donors (Lipinski definition) is 0. The average molecular weight is 346 g/mol. The van der Waals surface area contributed by atoms with Gasteiger partial charge < -0.3 is 0 Å². The summed E-state index contributed by atoms with van der Waals surface area (Å²) in [6.07, 6.45) is 4.24. The monoisotopic (exact) mass is 345 g/mol. The summed E-state index contributed by atoms with van der Waals surface area (Å²) in [5.74, 6) is 0. The van der Waals surface area contributed by atoms with Gasteiger partial charge in [-0.05, 0) is 37.5 Å². The summed E-state index contributed by atoms with van der Waals surface area (Å²) in [7, 11) is -3.38. The number of sulfonamides is 1. The molecule has 1 aliphatic carbocycles. The van der Waals surface area contributed by atoms with E-state index in [1.54, 1.807) is 10.4 Å². The van der Waals surface area contributed by atoms with Crippen LogP contribution in [0.25, 0.3) is 0 Å². The van der Waals surface area contributed by atoms with Gasteiger partial charge in [-0.15, -0.1) is 0 Å². The molecule has 1 aliphatic rings. The second kappa shape index (κ2) is 5.94. The molecular formula is C14H20BrNO2S. The normalized spacial score (nSPS) is 17.3. The van der Waals surface area contributed by atoms with Crippen LogP contribution in [0, 0.1) is 6.92 Å². The highest BCUT2D eigenvalue weighted by Gasteiger charge is 2.32. The minimum absolute atomic E-state index is 0.174. The third kappa shape index (κ3) is 3.03. The Hall–Kier alpha value is -0.390. The van der Waals surface area contributed by atoms with E-state index in [2.05, 4.69) is 15.9 Å². The Morgan fingerprint density at radius 2 is 1.95 bits per heavy atom. The number of rotatable bonds is 4. The van der Waals surface area contributed by atoms with Crippen LogP contribution >= 0.6 is 15.9 Å². The molecule has 0 saturated heterocycles. The topological polar surface area (TPSA) is 37.4 Å². The quantitative estimate of drug-likeness (QED) is 0.833. The average Bonchev–Trinajstić information content (AvgIpc) is 2.86. The third-order valence-electron chi connectivity index (χ3n) is 3.78. The van der Waals surface area contributed by atoms with Crippen LogP contribution in [0.15, 0.2) is 27.6 Å². The maximum Gasteiger partial charge on any atom is 0.243 e. The van der Waals surface area contributed by atoms with Crippen molar-refractivity contribution in [1.82, 2.24) is 4.31 Å². The maximum absolute atomic E-state index is 12.8. The van der Waals surface area contributed by atoms with E-state index in [0.29, 0.717) is 11.4 Å². The predicted octanol–water partition coefficient (Wildman–Crippen LogP) is 3.71. The highest BCUT2D eigenvalue weighted by molar-refractivity contribution is 9.10. The number of aryl methyl sites for hydroxylation is 1. The van der Waals surface area contributed by atoms with Crippen LogP contribution in [-0.4, -0.2) is 25.3 Å². The zero-order valence-corrected chi connectivity index (χ0v) is 13.8. The molecule has 0 unspecified atom stereocenters. The van der Waals surface area contributed by atoms with Gasteiger partial charge in [0.1, 0.15) is 0 Å². The molecule has 0 heterocycles. The van der Waals surface area contributed by atoms with E-state index in [9.17, 15) is 8.42 Å². The fraction of sp³-hybridized carbons (Fsp3) is 0.571. The summed E-state index contributed by atoms with van der Waals surface area (Å²) in [5.41, 5.74) is 0.805. The fourth-order valence-corrected chi connectivity index (χ4v) is 5.25. The van der Waals surface area contributed by atoms with Crippen molar-refractivity contribution in [2.45, 2.75) is 50.5 Å². The number of halogens is 1. The molecular weight excluding hydrogens is 326 g/mol. The van der Waals surface area contributed by atoms with Crippen molar-refractivity contribution in [3.63, 3.8) is 0 Å². The lowest BCUT2D eigenvalue weighted by Crippen LogP contribution is -2.38. The van der Waals surface area contributed by atoms with Crippen LogP contribution in [0.1, 0.15) is 38.2 Å². The van der Waals surface area contributed by atoms with E-state index >= 15 is 0 Å². The van der Waals surface area contributed by atoms with Gasteiger partial charge >= 0.3 is 0 Å². The first-order valence-corrected chi connectivity index (χ1v) is 8.98. The number of hydrogen-bond acceptors (Lipinski definition) is 2. The van der Waals surface area contributed by atoms with Gasteiger partial charge in [0, 0.05) is 17.1 Å². The summed E-state index contributed by atoms with van der Waals surface area (Å²) in [6.45, 7) is 4.31. The smallest absolute Gasteiger partial charge is 0.207 e. The zero-order valence-electron chi connectivity index (χ0n) is 11.4. The second-order valence-corrected chi connectivity index (χ2v) is 7.83. The van der Waals surface area contributed by atoms with Crippen LogP contribution in [0.2, 0.25) is 0 Å². The van der Waals surface area contributed by atoms with E-state index in [0.717, 1.165) is 35.7 Å². The van der Waals surface area contributed by atoms with Crippen molar-refractivity contribution in [3.05, 3.63) is 28.2 Å². The van der Waals surface area contributed by atoms with Crippen LogP contribution < -0.4 is 0 Å². The molecule has 0 amide bonds. The molecule has 1 aromatic rings. The Balaban J connectivity index is 2.42. The number of nitrogens with zero attached hydrogens (tertiary/aromatic N) is 1. The molecule has 0 bridgehead atoms. The first-order chi connectivity index (χ1) is 8.96. The van der Waals surface area contributed by atoms with Gasteiger partial charge in [-0.3, -0.25) is 0 Å². The first-order valence-electron chi connectivity index (χ1n) is 6.75. The Bertz CT molecular complexity index is 551. The van der Waals surface area contributed by atoms with Gasteiger partial charge in [0.25, 0.3) is 0 Å². The number of benzene rings is 1. The van der Waals surface area contributed by atoms with Gasteiger partial charge in [-0.25, -0.2) is 8.42 Å². The molecule has 1 saturated carbocycles. The van der Waals surface area contributed by atoms with E-state index in [1.165, 1.54) is 0 Å². The van der Waals surface area contributed by atoms with E-state index < -0.39 is 10.0 Å². The molecule has 0 atom stereocenters. The second-order valence-electron chi connectivity index (χ2n) is 5.06. The Morgan fingerprint density at radius 3 is 2.53 bits per heavy atom. The van der Waals surface area contributed by atoms with Crippen LogP contribution in [0.5, 0.6) is 0 Å². The molecule has 0 radical (unpaired) electrons. The highest BCUT2D eigenvalue weighted by atomic mass is 79.9. The Labute approximate surface area is 124 Å². The summed E-state index contributed by atoms with van der Waals surface area (Å²) in [4.78, 5) is 0.427. The molecule has 1 fully saturated rings. The van der Waals surface area contributed by atoms with Crippen LogP contribution in [-0.2, 0) is 10.0 Å². The molecule has 0 spiro atoms. The zero-order chi connectivity index (χ0) is 14.0. The summed E-state index contributed by atoms with van der Waals surface area (Å²) < 4.78 is 28.1. The summed E-state index contributed by atoms with van der Waals surface area (Å²) in [5, 5.41) is 0. The van der Waals surface area contributed by atoms with Gasteiger partial charge in [-0.1, -0.05) is 41.8 Å². The fourth-order valence-electron chi connectivity index (χ4n) is 2.79. The highest BCUT2D eigenvalue weighted by Crippen LogP contribution is 2.30. The van der Waals surface area contributed by atoms with Gasteiger partial charge in [0.05, 0.1) is 4.90 Å². The van der Waals surface area contributed by atoms with Gasteiger partial charge in [0.2, 0.25) is 10.0 Å². The van der Waals surface area contributed by atoms with Crippen molar-refractivity contribution in [1.29, 1.82) is 0 Å². The summed E-state index contributed by atoms with van der Waals surface area (Å²) >= 11 is 3.36. The van der Waals surface area contributed by atoms with Crippen molar-refractivity contribution < 1.29 is 8.42 Å². The Morgan fingerprint density at radius 1 is 1.32 bits per heavy atom. The van der Waals surface area contributed by atoms with Crippen molar-refractivity contribution >= 4 is 26.0 Å². The minimum Gasteiger partial charge on any atom is -0.207 e. The van der Waals surface area contributed by atoms with Gasteiger partial charge in [-0.2, -0.15) is 4.31 Å². The molecule has 3 nitrogen and oxygen atoms in total.